The number of aryl methyl sites for hydroxylation is 1. The Bertz CT molecular complexity index is 1040. The molecule has 3 aromatic rings. The monoisotopic (exact) mass is 400 g/mol. The van der Waals surface area contributed by atoms with Crippen LogP contribution < -0.4 is 9.96 Å². The molecule has 0 spiro atoms. The number of esters is 2. The van der Waals surface area contributed by atoms with Crippen LogP contribution in [-0.2, 0) is 9.47 Å². The van der Waals surface area contributed by atoms with E-state index in [-0.39, 0.29) is 41.0 Å². The average molecular weight is 400 g/mol. The average Bonchev–Trinajstić information content (AvgIpc) is 3.03. The standard InChI is InChI=1S/C20H18NO8/c1-12-18(20(23)27-9-8-26-2)16-11-15(6-7-17(16)28-12)29-19(22)13-4-3-5-14(10-13)21(24)25/h3-7,10-11,24H,8-9H2,1-2H3/q-1. The van der Waals surface area contributed by atoms with Gasteiger partial charge in [-0.15, -0.1) is 0 Å². The number of carbonyl (C=O) groups is 2. The Morgan fingerprint density at radius 2 is 1.93 bits per heavy atom. The lowest BCUT2D eigenvalue weighted by molar-refractivity contribution is 0.0388. The Kier molecular flexibility index (Phi) is 6.13. The van der Waals surface area contributed by atoms with E-state index >= 15 is 0 Å². The number of furan rings is 1. The van der Waals surface area contributed by atoms with Gasteiger partial charge in [-0.05, 0) is 43.3 Å². The van der Waals surface area contributed by atoms with Crippen molar-refractivity contribution in [1.82, 2.24) is 0 Å². The molecule has 0 bridgehead atoms. The van der Waals surface area contributed by atoms with E-state index in [0.29, 0.717) is 16.7 Å². The molecule has 0 aliphatic rings. The zero-order valence-corrected chi connectivity index (χ0v) is 15.7. The van der Waals surface area contributed by atoms with Crippen LogP contribution in [0.25, 0.3) is 11.0 Å². The molecule has 1 aromatic heterocycles. The van der Waals surface area contributed by atoms with Gasteiger partial charge in [0.2, 0.25) is 0 Å². The van der Waals surface area contributed by atoms with Crippen LogP contribution in [0.5, 0.6) is 5.75 Å². The largest absolute Gasteiger partial charge is 0.733 e. The second-order valence-electron chi connectivity index (χ2n) is 6.03. The van der Waals surface area contributed by atoms with Crippen LogP contribution in [0.15, 0.2) is 46.9 Å². The molecule has 9 heteroatoms. The molecule has 152 valence electrons. The lowest BCUT2D eigenvalue weighted by Crippen LogP contribution is -2.12. The van der Waals surface area contributed by atoms with Gasteiger partial charge in [-0.1, -0.05) is 6.07 Å². The predicted molar refractivity (Wildman–Crippen MR) is 102 cm³/mol. The van der Waals surface area contributed by atoms with Crippen LogP contribution in [0, 0.1) is 12.1 Å². The maximum absolute atomic E-state index is 12.4. The van der Waals surface area contributed by atoms with Gasteiger partial charge in [-0.3, -0.25) is 5.21 Å². The van der Waals surface area contributed by atoms with Crippen LogP contribution in [0.1, 0.15) is 26.5 Å². The van der Waals surface area contributed by atoms with Crippen molar-refractivity contribution in [3.63, 3.8) is 0 Å². The van der Waals surface area contributed by atoms with Gasteiger partial charge in [0.1, 0.15) is 29.3 Å². The molecule has 0 amide bonds. The van der Waals surface area contributed by atoms with E-state index < -0.39 is 11.9 Å². The third kappa shape index (κ3) is 4.54. The van der Waals surface area contributed by atoms with Crippen molar-refractivity contribution in [3.8, 4) is 5.75 Å². The molecular weight excluding hydrogens is 382 g/mol. The van der Waals surface area contributed by atoms with E-state index in [4.69, 9.17) is 23.8 Å². The number of nitrogens with zero attached hydrogens (tertiary/aromatic N) is 1. The summed E-state index contributed by atoms with van der Waals surface area (Å²) in [6.07, 6.45) is 0. The molecule has 29 heavy (non-hydrogen) atoms. The zero-order chi connectivity index (χ0) is 21.0. The molecule has 1 heterocycles. The van der Waals surface area contributed by atoms with Gasteiger partial charge in [-0.25, -0.2) is 9.59 Å². The van der Waals surface area contributed by atoms with Gasteiger partial charge in [0, 0.05) is 12.5 Å². The molecule has 3 rings (SSSR count). The SMILES string of the molecule is COCCOC(=O)c1c(C)oc2ccc(OC(=O)c3cccc(N([O-])O)c3)cc12. The quantitative estimate of drug-likeness (QED) is 0.275. The highest BCUT2D eigenvalue weighted by Crippen LogP contribution is 2.30. The van der Waals surface area contributed by atoms with Gasteiger partial charge in [-0.2, -0.15) is 0 Å². The highest BCUT2D eigenvalue weighted by Gasteiger charge is 2.21. The predicted octanol–water partition coefficient (Wildman–Crippen LogP) is 3.46. The van der Waals surface area contributed by atoms with Crippen LogP contribution in [0.3, 0.4) is 0 Å². The number of hydrogen-bond acceptors (Lipinski definition) is 9. The molecule has 0 radical (unpaired) electrons. The number of rotatable bonds is 7. The first kappa shape index (κ1) is 20.3. The lowest BCUT2D eigenvalue weighted by atomic mass is 10.1. The van der Waals surface area contributed by atoms with Gasteiger partial charge >= 0.3 is 11.9 Å². The summed E-state index contributed by atoms with van der Waals surface area (Å²) in [5, 5.41) is 20.0. The molecule has 0 aliphatic heterocycles. The second-order valence-corrected chi connectivity index (χ2v) is 6.03. The van der Waals surface area contributed by atoms with E-state index in [0.717, 1.165) is 0 Å². The Morgan fingerprint density at radius 1 is 1.14 bits per heavy atom. The van der Waals surface area contributed by atoms with Crippen molar-refractivity contribution in [2.75, 3.05) is 25.6 Å². The molecule has 9 nitrogen and oxygen atoms in total. The second kappa shape index (κ2) is 8.74. The van der Waals surface area contributed by atoms with Crippen LogP contribution in [-0.4, -0.2) is 37.5 Å². The topological polar surface area (TPSA) is 122 Å². The third-order valence-electron chi connectivity index (χ3n) is 4.07. The smallest absolute Gasteiger partial charge is 0.343 e. The molecule has 0 saturated carbocycles. The van der Waals surface area contributed by atoms with Gasteiger partial charge < -0.3 is 29.1 Å². The summed E-state index contributed by atoms with van der Waals surface area (Å²) in [6.45, 7) is 1.98. The minimum atomic E-state index is -0.738. The van der Waals surface area contributed by atoms with E-state index in [1.165, 1.54) is 43.5 Å². The third-order valence-corrected chi connectivity index (χ3v) is 4.07. The van der Waals surface area contributed by atoms with Crippen molar-refractivity contribution in [2.45, 2.75) is 6.92 Å². The van der Waals surface area contributed by atoms with Crippen LogP contribution in [0.4, 0.5) is 5.69 Å². The first-order chi connectivity index (χ1) is 13.9. The Morgan fingerprint density at radius 3 is 2.66 bits per heavy atom. The van der Waals surface area contributed by atoms with Crippen molar-refractivity contribution in [2.24, 2.45) is 0 Å². The zero-order valence-electron chi connectivity index (χ0n) is 15.7. The number of ether oxygens (including phenoxy) is 3. The number of fused-ring (bicyclic) bond motifs is 1. The fraction of sp³-hybridized carbons (Fsp3) is 0.200. The highest BCUT2D eigenvalue weighted by atomic mass is 16.8. The van der Waals surface area contributed by atoms with Crippen LogP contribution >= 0.6 is 0 Å². The molecule has 0 atom stereocenters. The first-order valence-corrected chi connectivity index (χ1v) is 8.58. The summed E-state index contributed by atoms with van der Waals surface area (Å²) < 4.78 is 20.9. The minimum Gasteiger partial charge on any atom is -0.733 e. The van der Waals surface area contributed by atoms with Crippen molar-refractivity contribution in [3.05, 3.63) is 64.6 Å². The summed E-state index contributed by atoms with van der Waals surface area (Å²) in [6, 6.07) is 9.98. The fourth-order valence-corrected chi connectivity index (χ4v) is 2.72. The number of hydrogen-bond donors (Lipinski definition) is 1. The van der Waals surface area contributed by atoms with Gasteiger partial charge in [0.05, 0.1) is 17.9 Å². The van der Waals surface area contributed by atoms with E-state index in [2.05, 4.69) is 0 Å². The number of carbonyl (C=O) groups excluding carboxylic acids is 2. The summed E-state index contributed by atoms with van der Waals surface area (Å²) in [7, 11) is 1.50. The normalized spacial score (nSPS) is 10.8. The van der Waals surface area contributed by atoms with E-state index in [9.17, 15) is 14.8 Å². The molecule has 1 N–H and O–H groups in total. The first-order valence-electron chi connectivity index (χ1n) is 8.58. The van der Waals surface area contributed by atoms with Crippen LogP contribution in [0.2, 0.25) is 0 Å². The molecule has 2 aromatic carbocycles. The fourth-order valence-electron chi connectivity index (χ4n) is 2.72. The summed E-state index contributed by atoms with van der Waals surface area (Å²) in [4.78, 5) is 24.7. The van der Waals surface area contributed by atoms with E-state index in [1.54, 1.807) is 13.0 Å². The number of benzene rings is 2. The van der Waals surface area contributed by atoms with Crippen molar-refractivity contribution >= 4 is 28.6 Å². The number of anilines is 1. The van der Waals surface area contributed by atoms with Gasteiger partial charge in [0.15, 0.2) is 0 Å². The summed E-state index contributed by atoms with van der Waals surface area (Å²) >= 11 is 0. The Balaban J connectivity index is 1.85. The molecule has 0 saturated heterocycles. The molecular formula is C20H18NO8-. The maximum atomic E-state index is 12.4. The number of methoxy groups -OCH3 is 1. The molecule has 0 fully saturated rings. The van der Waals surface area contributed by atoms with Crippen molar-refractivity contribution < 1.29 is 33.4 Å². The Labute approximate surface area is 165 Å². The minimum absolute atomic E-state index is 0.0695. The molecule has 0 unspecified atom stereocenters. The van der Waals surface area contributed by atoms with E-state index in [1.807, 2.05) is 0 Å². The Hall–Kier alpha value is -3.40. The van der Waals surface area contributed by atoms with Gasteiger partial charge in [0.25, 0.3) is 0 Å². The maximum Gasteiger partial charge on any atom is 0.343 e. The molecule has 0 aliphatic carbocycles. The lowest BCUT2D eigenvalue weighted by Gasteiger charge is -2.21. The highest BCUT2D eigenvalue weighted by molar-refractivity contribution is 6.05. The summed E-state index contributed by atoms with van der Waals surface area (Å²) in [5.74, 6) is -0.773. The summed E-state index contributed by atoms with van der Waals surface area (Å²) in [5.41, 5.74) is 0.630. The van der Waals surface area contributed by atoms with Crippen molar-refractivity contribution in [1.29, 1.82) is 0 Å².